The van der Waals surface area contributed by atoms with Crippen LogP contribution in [0, 0.1) is 0 Å². The summed E-state index contributed by atoms with van der Waals surface area (Å²) in [4.78, 5) is 16.8. The number of rotatable bonds is 4. The monoisotopic (exact) mass is 310 g/mol. The molecule has 5 heteroatoms. The molecule has 2 rings (SSSR count). The van der Waals surface area contributed by atoms with E-state index in [-0.39, 0.29) is 5.91 Å². The first-order valence-corrected chi connectivity index (χ1v) is 6.80. The fourth-order valence-electron chi connectivity index (χ4n) is 1.38. The van der Waals surface area contributed by atoms with Crippen molar-refractivity contribution in [1.82, 2.24) is 10.3 Å². The van der Waals surface area contributed by atoms with Gasteiger partial charge in [0, 0.05) is 21.7 Å². The molecule has 2 aromatic rings. The second-order valence-corrected chi connectivity index (χ2v) is 5.36. The van der Waals surface area contributed by atoms with Crippen molar-refractivity contribution in [2.45, 2.75) is 13.0 Å². The molecule has 0 aliphatic heterocycles. The predicted molar refractivity (Wildman–Crippen MR) is 71.8 cm³/mol. The first-order valence-electron chi connectivity index (χ1n) is 5.13. The first kappa shape index (κ1) is 12.3. The Kier molecular flexibility index (Phi) is 4.28. The highest BCUT2D eigenvalue weighted by Gasteiger charge is 2.05. The van der Waals surface area contributed by atoms with Crippen LogP contribution in [0.2, 0.25) is 0 Å². The smallest absolute Gasteiger partial charge is 0.224 e. The highest BCUT2D eigenvalue weighted by molar-refractivity contribution is 9.10. The number of nitrogens with zero attached hydrogens (tertiary/aromatic N) is 1. The molecule has 0 bridgehead atoms. The van der Waals surface area contributed by atoms with E-state index in [1.807, 2.05) is 23.6 Å². The van der Waals surface area contributed by atoms with E-state index in [0.29, 0.717) is 13.0 Å². The third kappa shape index (κ3) is 3.64. The van der Waals surface area contributed by atoms with Crippen LogP contribution in [-0.2, 0) is 17.8 Å². The van der Waals surface area contributed by atoms with E-state index in [1.54, 1.807) is 23.7 Å². The lowest BCUT2D eigenvalue weighted by Crippen LogP contribution is -2.24. The highest BCUT2D eigenvalue weighted by Crippen LogP contribution is 2.22. The third-order valence-electron chi connectivity index (χ3n) is 2.22. The number of nitrogens with one attached hydrogen (secondary N) is 1. The molecule has 2 aromatic heterocycles. The van der Waals surface area contributed by atoms with Crippen LogP contribution in [0.4, 0.5) is 0 Å². The van der Waals surface area contributed by atoms with Gasteiger partial charge in [-0.3, -0.25) is 9.78 Å². The Balaban J connectivity index is 1.84. The fraction of sp³-hybridized carbons (Fsp3) is 0.167. The molecule has 88 valence electrons. The lowest BCUT2D eigenvalue weighted by molar-refractivity contribution is -0.120. The number of amides is 1. The average molecular weight is 311 g/mol. The summed E-state index contributed by atoms with van der Waals surface area (Å²) in [5.74, 6) is 0.0123. The standard InChI is InChI=1S/C12H11BrN2OS/c13-10-3-5-17-11(10)8-15-12(16)6-9-2-1-4-14-7-9/h1-5,7H,6,8H2,(H,15,16). The van der Waals surface area contributed by atoms with Gasteiger partial charge in [0.25, 0.3) is 0 Å². The Labute approximate surface area is 112 Å². The van der Waals surface area contributed by atoms with E-state index < -0.39 is 0 Å². The maximum Gasteiger partial charge on any atom is 0.224 e. The predicted octanol–water partition coefficient (Wildman–Crippen LogP) is 2.76. The van der Waals surface area contributed by atoms with Crippen molar-refractivity contribution < 1.29 is 4.79 Å². The largest absolute Gasteiger partial charge is 0.351 e. The molecular formula is C12H11BrN2OS. The van der Waals surface area contributed by atoms with E-state index in [4.69, 9.17) is 0 Å². The van der Waals surface area contributed by atoms with Gasteiger partial charge in [0.2, 0.25) is 5.91 Å². The molecule has 0 atom stereocenters. The summed E-state index contributed by atoms with van der Waals surface area (Å²) >= 11 is 5.06. The quantitative estimate of drug-likeness (QED) is 0.943. The van der Waals surface area contributed by atoms with Gasteiger partial charge in [-0.05, 0) is 39.0 Å². The zero-order valence-electron chi connectivity index (χ0n) is 9.02. The van der Waals surface area contributed by atoms with Crippen LogP contribution in [-0.4, -0.2) is 10.9 Å². The first-order chi connectivity index (χ1) is 8.25. The molecule has 0 aliphatic carbocycles. The van der Waals surface area contributed by atoms with Crippen molar-refractivity contribution in [2.24, 2.45) is 0 Å². The average Bonchev–Trinajstić information content (AvgIpc) is 2.74. The fourth-order valence-corrected chi connectivity index (χ4v) is 2.81. The summed E-state index contributed by atoms with van der Waals surface area (Å²) in [6, 6.07) is 5.71. The van der Waals surface area contributed by atoms with Crippen molar-refractivity contribution in [1.29, 1.82) is 0 Å². The Morgan fingerprint density at radius 2 is 2.35 bits per heavy atom. The van der Waals surface area contributed by atoms with Gasteiger partial charge >= 0.3 is 0 Å². The molecule has 3 nitrogen and oxygen atoms in total. The van der Waals surface area contributed by atoms with E-state index in [2.05, 4.69) is 26.2 Å². The Hall–Kier alpha value is -1.20. The van der Waals surface area contributed by atoms with Crippen LogP contribution in [0.1, 0.15) is 10.4 Å². The van der Waals surface area contributed by atoms with Crippen molar-refractivity contribution in [2.75, 3.05) is 0 Å². The Bertz CT molecular complexity index is 498. The van der Waals surface area contributed by atoms with Gasteiger partial charge in [-0.1, -0.05) is 6.07 Å². The number of carbonyl (C=O) groups is 1. The topological polar surface area (TPSA) is 42.0 Å². The summed E-state index contributed by atoms with van der Waals surface area (Å²) < 4.78 is 1.05. The van der Waals surface area contributed by atoms with Crippen LogP contribution in [0.25, 0.3) is 0 Å². The molecule has 0 aliphatic rings. The maximum absolute atomic E-state index is 11.7. The van der Waals surface area contributed by atoms with Crippen LogP contribution in [0.15, 0.2) is 40.4 Å². The second-order valence-electron chi connectivity index (χ2n) is 3.51. The van der Waals surface area contributed by atoms with E-state index >= 15 is 0 Å². The number of thiophene rings is 1. The molecule has 17 heavy (non-hydrogen) atoms. The van der Waals surface area contributed by atoms with E-state index in [0.717, 1.165) is 14.9 Å². The zero-order chi connectivity index (χ0) is 12.1. The van der Waals surface area contributed by atoms with Crippen LogP contribution in [0.5, 0.6) is 0 Å². The molecule has 0 unspecified atom stereocenters. The lowest BCUT2D eigenvalue weighted by atomic mass is 10.2. The lowest BCUT2D eigenvalue weighted by Gasteiger charge is -2.04. The molecular weight excluding hydrogens is 300 g/mol. The number of pyridine rings is 1. The maximum atomic E-state index is 11.7. The number of aromatic nitrogens is 1. The van der Waals surface area contributed by atoms with Crippen LogP contribution >= 0.6 is 27.3 Å². The van der Waals surface area contributed by atoms with Crippen LogP contribution in [0.3, 0.4) is 0 Å². The van der Waals surface area contributed by atoms with Crippen molar-refractivity contribution in [3.05, 3.63) is 50.9 Å². The third-order valence-corrected chi connectivity index (χ3v) is 4.15. The van der Waals surface area contributed by atoms with Crippen molar-refractivity contribution >= 4 is 33.2 Å². The second kappa shape index (κ2) is 5.93. The molecule has 0 radical (unpaired) electrons. The van der Waals surface area contributed by atoms with Gasteiger partial charge in [0.05, 0.1) is 13.0 Å². The summed E-state index contributed by atoms with van der Waals surface area (Å²) in [5, 5.41) is 4.88. The molecule has 0 aromatic carbocycles. The van der Waals surface area contributed by atoms with Gasteiger partial charge in [0.15, 0.2) is 0 Å². The SMILES string of the molecule is O=C(Cc1cccnc1)NCc1sccc1Br. The number of carbonyl (C=O) groups excluding carboxylic acids is 1. The van der Waals surface area contributed by atoms with Gasteiger partial charge in [0.1, 0.15) is 0 Å². The molecule has 1 N–H and O–H groups in total. The van der Waals surface area contributed by atoms with Crippen molar-refractivity contribution in [3.8, 4) is 0 Å². The van der Waals surface area contributed by atoms with Gasteiger partial charge in [-0.25, -0.2) is 0 Å². The summed E-state index contributed by atoms with van der Waals surface area (Å²) in [7, 11) is 0. The Morgan fingerprint density at radius 1 is 1.47 bits per heavy atom. The minimum atomic E-state index is 0.0123. The summed E-state index contributed by atoms with van der Waals surface area (Å²) in [6.07, 6.45) is 3.78. The molecule has 0 fully saturated rings. The molecule has 0 saturated carbocycles. The number of halogens is 1. The summed E-state index contributed by atoms with van der Waals surface area (Å²) in [5.41, 5.74) is 0.926. The van der Waals surface area contributed by atoms with Crippen molar-refractivity contribution in [3.63, 3.8) is 0 Å². The van der Waals surface area contributed by atoms with E-state index in [9.17, 15) is 4.79 Å². The van der Waals surface area contributed by atoms with Crippen LogP contribution < -0.4 is 5.32 Å². The molecule has 1 amide bonds. The Morgan fingerprint density at radius 3 is 3.00 bits per heavy atom. The molecule has 0 saturated heterocycles. The number of hydrogen-bond acceptors (Lipinski definition) is 3. The molecule has 0 spiro atoms. The summed E-state index contributed by atoms with van der Waals surface area (Å²) in [6.45, 7) is 0.567. The zero-order valence-corrected chi connectivity index (χ0v) is 11.4. The van der Waals surface area contributed by atoms with Gasteiger partial charge in [-0.15, -0.1) is 11.3 Å². The molecule has 2 heterocycles. The normalized spacial score (nSPS) is 10.2. The van der Waals surface area contributed by atoms with Gasteiger partial charge in [-0.2, -0.15) is 0 Å². The number of hydrogen-bond donors (Lipinski definition) is 1. The minimum absolute atomic E-state index is 0.0123. The minimum Gasteiger partial charge on any atom is -0.351 e. The van der Waals surface area contributed by atoms with Gasteiger partial charge < -0.3 is 5.32 Å². The highest BCUT2D eigenvalue weighted by atomic mass is 79.9. The van der Waals surface area contributed by atoms with E-state index in [1.165, 1.54) is 0 Å².